The number of aromatic nitrogens is 2. The first-order valence-electron chi connectivity index (χ1n) is 6.47. The number of rotatable bonds is 4. The molecule has 1 aromatic carbocycles. The van der Waals surface area contributed by atoms with Gasteiger partial charge in [-0.25, -0.2) is 9.78 Å². The minimum Gasteiger partial charge on any atom is -0.464 e. The summed E-state index contributed by atoms with van der Waals surface area (Å²) >= 11 is 0. The maximum absolute atomic E-state index is 11.8. The number of ether oxygens (including phenoxy) is 1. The minimum atomic E-state index is -1.71. The largest absolute Gasteiger partial charge is 0.464 e. The van der Waals surface area contributed by atoms with Crippen molar-refractivity contribution in [3.05, 3.63) is 39.9 Å². The highest BCUT2D eigenvalue weighted by molar-refractivity contribution is 5.79. The third-order valence-electron chi connectivity index (χ3n) is 3.02. The average Bonchev–Trinajstić information content (AvgIpc) is 2.45. The summed E-state index contributed by atoms with van der Waals surface area (Å²) in [5.74, 6) is -0.437. The van der Waals surface area contributed by atoms with E-state index in [0.29, 0.717) is 11.3 Å². The van der Waals surface area contributed by atoms with Gasteiger partial charge in [-0.2, -0.15) is 0 Å². The van der Waals surface area contributed by atoms with Gasteiger partial charge in [-0.3, -0.25) is 4.79 Å². The van der Waals surface area contributed by atoms with Crippen LogP contribution in [0.3, 0.4) is 0 Å². The summed E-state index contributed by atoms with van der Waals surface area (Å²) < 4.78 is 4.64. The van der Waals surface area contributed by atoms with Crippen LogP contribution in [-0.2, 0) is 9.53 Å². The molecule has 2 rings (SSSR count). The number of aryl methyl sites for hydroxylation is 1. The molecule has 3 N–H and O–H groups in total. The lowest BCUT2D eigenvalue weighted by atomic mass is 10.0. The highest BCUT2D eigenvalue weighted by Crippen LogP contribution is 2.20. The molecule has 21 heavy (non-hydrogen) atoms. The zero-order chi connectivity index (χ0) is 15.6. The molecular weight excluding hydrogens is 276 g/mol. The number of H-pyrrole nitrogens is 1. The van der Waals surface area contributed by atoms with E-state index >= 15 is 0 Å². The summed E-state index contributed by atoms with van der Waals surface area (Å²) in [5.41, 5.74) is 0.356. The third-order valence-corrected chi connectivity index (χ3v) is 3.02. The number of carbonyl (C=O) groups excluding carboxylic acids is 1. The summed E-state index contributed by atoms with van der Waals surface area (Å²) in [6, 6.07) is 4.45. The van der Waals surface area contributed by atoms with E-state index in [0.717, 1.165) is 0 Å². The molecule has 2 aromatic rings. The molecule has 2 unspecified atom stereocenters. The first-order chi connectivity index (χ1) is 9.93. The number of carbonyl (C=O) groups is 1. The highest BCUT2D eigenvalue weighted by Gasteiger charge is 2.27. The Morgan fingerprint density at radius 3 is 2.81 bits per heavy atom. The van der Waals surface area contributed by atoms with Crippen molar-refractivity contribution >= 4 is 16.9 Å². The van der Waals surface area contributed by atoms with Gasteiger partial charge in [0.05, 0.1) is 17.5 Å². The fourth-order valence-electron chi connectivity index (χ4n) is 2.00. The van der Waals surface area contributed by atoms with E-state index in [2.05, 4.69) is 14.7 Å². The lowest BCUT2D eigenvalue weighted by Crippen LogP contribution is -2.30. The second kappa shape index (κ2) is 6.02. The van der Waals surface area contributed by atoms with Gasteiger partial charge in [0, 0.05) is 0 Å². The monoisotopic (exact) mass is 292 g/mol. The lowest BCUT2D eigenvalue weighted by Gasteiger charge is -2.17. The molecule has 0 spiro atoms. The lowest BCUT2D eigenvalue weighted by molar-refractivity contribution is -0.159. The zero-order valence-electron chi connectivity index (χ0n) is 11.7. The predicted molar refractivity (Wildman–Crippen MR) is 74.7 cm³/mol. The van der Waals surface area contributed by atoms with E-state index < -0.39 is 18.2 Å². The summed E-state index contributed by atoms with van der Waals surface area (Å²) in [5, 5.41) is 20.0. The van der Waals surface area contributed by atoms with Gasteiger partial charge in [0.2, 0.25) is 0 Å². The molecule has 0 fully saturated rings. The van der Waals surface area contributed by atoms with Crippen LogP contribution in [0.25, 0.3) is 10.9 Å². The van der Waals surface area contributed by atoms with Crippen molar-refractivity contribution in [2.24, 2.45) is 0 Å². The number of aromatic amines is 1. The molecule has 1 aromatic heterocycles. The van der Waals surface area contributed by atoms with Crippen molar-refractivity contribution in [1.29, 1.82) is 0 Å². The van der Waals surface area contributed by atoms with Crippen molar-refractivity contribution in [3.8, 4) is 0 Å². The number of nitrogens with one attached hydrogen (secondary N) is 1. The molecule has 1 heterocycles. The highest BCUT2D eigenvalue weighted by atomic mass is 16.5. The number of aliphatic hydroxyl groups is 2. The standard InChI is InChI=1S/C14H16N2O5/c1-3-21-14(20)12(18)11(17)8-4-5-10-9(6-8)13(19)16-7(2)15-10/h4-6,11-12,17-18H,3H2,1-2H3,(H,15,16,19). The maximum atomic E-state index is 11.8. The molecule has 7 heteroatoms. The molecule has 112 valence electrons. The molecule has 0 aliphatic rings. The molecule has 0 bridgehead atoms. The first-order valence-corrected chi connectivity index (χ1v) is 6.47. The van der Waals surface area contributed by atoms with Gasteiger partial charge in [-0.05, 0) is 31.5 Å². The number of hydrogen-bond acceptors (Lipinski definition) is 6. The quantitative estimate of drug-likeness (QED) is 0.693. The van der Waals surface area contributed by atoms with E-state index in [1.165, 1.54) is 12.1 Å². The Kier molecular flexibility index (Phi) is 4.35. The van der Waals surface area contributed by atoms with Crippen LogP contribution in [0.5, 0.6) is 0 Å². The predicted octanol–water partition coefficient (Wildman–Crippen LogP) is 0.189. The number of fused-ring (bicyclic) bond motifs is 1. The Balaban J connectivity index is 2.39. The number of aliphatic hydroxyl groups excluding tert-OH is 2. The minimum absolute atomic E-state index is 0.100. The zero-order valence-corrected chi connectivity index (χ0v) is 11.7. The van der Waals surface area contributed by atoms with Crippen LogP contribution < -0.4 is 5.56 Å². The fraction of sp³-hybridized carbons (Fsp3) is 0.357. The Morgan fingerprint density at radius 1 is 1.43 bits per heavy atom. The molecule has 7 nitrogen and oxygen atoms in total. The number of esters is 1. The van der Waals surface area contributed by atoms with Gasteiger partial charge in [0.1, 0.15) is 11.9 Å². The smallest absolute Gasteiger partial charge is 0.338 e. The first kappa shape index (κ1) is 15.1. The second-order valence-electron chi connectivity index (χ2n) is 4.57. The van der Waals surface area contributed by atoms with E-state index in [-0.39, 0.29) is 23.1 Å². The van der Waals surface area contributed by atoms with Crippen LogP contribution in [0.4, 0.5) is 0 Å². The number of hydrogen-bond donors (Lipinski definition) is 3. The molecule has 0 saturated carbocycles. The SMILES string of the molecule is CCOC(=O)C(O)C(O)c1ccc2nc(C)[nH]c(=O)c2c1. The van der Waals surface area contributed by atoms with Gasteiger partial charge < -0.3 is 19.9 Å². The summed E-state index contributed by atoms with van der Waals surface area (Å²) in [6.07, 6.45) is -3.19. The van der Waals surface area contributed by atoms with Crippen molar-refractivity contribution < 1.29 is 19.7 Å². The van der Waals surface area contributed by atoms with Crippen molar-refractivity contribution in [3.63, 3.8) is 0 Å². The van der Waals surface area contributed by atoms with Crippen molar-refractivity contribution in [1.82, 2.24) is 9.97 Å². The normalized spacial score (nSPS) is 13.9. The van der Waals surface area contributed by atoms with Crippen LogP contribution in [0.15, 0.2) is 23.0 Å². The van der Waals surface area contributed by atoms with E-state index in [1.54, 1.807) is 19.9 Å². The molecule has 0 radical (unpaired) electrons. The van der Waals surface area contributed by atoms with Crippen LogP contribution in [0, 0.1) is 6.92 Å². The molecule has 2 atom stereocenters. The summed E-state index contributed by atoms with van der Waals surface area (Å²) in [6.45, 7) is 3.36. The molecule has 0 saturated heterocycles. The third kappa shape index (κ3) is 3.09. The topological polar surface area (TPSA) is 113 Å². The molecule has 0 aliphatic heterocycles. The second-order valence-corrected chi connectivity index (χ2v) is 4.57. The Morgan fingerprint density at radius 2 is 2.14 bits per heavy atom. The van der Waals surface area contributed by atoms with Crippen molar-refractivity contribution in [2.45, 2.75) is 26.1 Å². The van der Waals surface area contributed by atoms with Crippen LogP contribution in [-0.4, -0.2) is 38.9 Å². The number of benzene rings is 1. The fourth-order valence-corrected chi connectivity index (χ4v) is 2.00. The molecular formula is C14H16N2O5. The average molecular weight is 292 g/mol. The van der Waals surface area contributed by atoms with Crippen LogP contribution >= 0.6 is 0 Å². The van der Waals surface area contributed by atoms with E-state index in [4.69, 9.17) is 0 Å². The Hall–Kier alpha value is -2.25. The van der Waals surface area contributed by atoms with E-state index in [1.807, 2.05) is 0 Å². The van der Waals surface area contributed by atoms with E-state index in [9.17, 15) is 19.8 Å². The van der Waals surface area contributed by atoms with Crippen LogP contribution in [0.2, 0.25) is 0 Å². The summed E-state index contributed by atoms with van der Waals surface area (Å²) in [4.78, 5) is 30.0. The van der Waals surface area contributed by atoms with Gasteiger partial charge in [0.15, 0.2) is 6.10 Å². The van der Waals surface area contributed by atoms with Gasteiger partial charge in [0.25, 0.3) is 5.56 Å². The Bertz CT molecular complexity index is 725. The molecule has 0 aliphatic carbocycles. The van der Waals surface area contributed by atoms with Gasteiger partial charge in [-0.15, -0.1) is 0 Å². The number of nitrogens with zero attached hydrogens (tertiary/aromatic N) is 1. The maximum Gasteiger partial charge on any atom is 0.338 e. The van der Waals surface area contributed by atoms with Gasteiger partial charge >= 0.3 is 5.97 Å². The Labute approximate surface area is 120 Å². The van der Waals surface area contributed by atoms with Crippen LogP contribution in [0.1, 0.15) is 24.4 Å². The van der Waals surface area contributed by atoms with Crippen molar-refractivity contribution in [2.75, 3.05) is 6.61 Å². The molecule has 0 amide bonds. The van der Waals surface area contributed by atoms with Gasteiger partial charge in [-0.1, -0.05) is 6.07 Å². The summed E-state index contributed by atoms with van der Waals surface area (Å²) in [7, 11) is 0.